The van der Waals surface area contributed by atoms with Gasteiger partial charge in [0.1, 0.15) is 11.8 Å². The van der Waals surface area contributed by atoms with Gasteiger partial charge in [0, 0.05) is 19.8 Å². The summed E-state index contributed by atoms with van der Waals surface area (Å²) in [6.07, 6.45) is 2.10. The quantitative estimate of drug-likeness (QED) is 0.790. The number of hydrogen-bond donors (Lipinski definition) is 2. The van der Waals surface area contributed by atoms with E-state index in [4.69, 9.17) is 4.74 Å². The number of nitrogens with one attached hydrogen (secondary N) is 2. The first-order valence-electron chi connectivity index (χ1n) is 8.19. The Morgan fingerprint density at radius 1 is 1.24 bits per heavy atom. The molecule has 0 aromatic heterocycles. The van der Waals surface area contributed by atoms with E-state index >= 15 is 0 Å². The van der Waals surface area contributed by atoms with Crippen LogP contribution in [0.5, 0.6) is 0 Å². The van der Waals surface area contributed by atoms with Crippen molar-refractivity contribution in [3.05, 3.63) is 29.8 Å². The van der Waals surface area contributed by atoms with Gasteiger partial charge in [0.05, 0.1) is 18.4 Å². The molecule has 0 radical (unpaired) electrons. The Morgan fingerprint density at radius 3 is 2.60 bits per heavy atom. The molecule has 2 rings (SSSR count). The summed E-state index contributed by atoms with van der Waals surface area (Å²) in [5.74, 6) is -1.59. The van der Waals surface area contributed by atoms with Gasteiger partial charge in [-0.15, -0.1) is 0 Å². The van der Waals surface area contributed by atoms with E-state index < -0.39 is 17.9 Å². The smallest absolute Gasteiger partial charge is 0.328 e. The van der Waals surface area contributed by atoms with E-state index in [2.05, 4.69) is 10.6 Å². The van der Waals surface area contributed by atoms with E-state index in [1.807, 2.05) is 0 Å². The molecular weight excluding hydrogens is 324 g/mol. The number of methoxy groups -OCH3 is 1. The number of Topliss-reactive ketones (excluding diaryl/α,β-unsaturated/α-hetero) is 1. The highest BCUT2D eigenvalue weighted by molar-refractivity contribution is 6.04. The van der Waals surface area contributed by atoms with Crippen molar-refractivity contribution in [3.63, 3.8) is 0 Å². The minimum absolute atomic E-state index is 0.0815. The monoisotopic (exact) mass is 346 g/mol. The molecule has 0 bridgehead atoms. The number of carbonyl (C=O) groups excluding carboxylic acids is 4. The molecule has 0 spiro atoms. The second-order valence-electron chi connectivity index (χ2n) is 6.10. The lowest BCUT2D eigenvalue weighted by molar-refractivity contribution is -0.145. The number of esters is 1. The summed E-state index contributed by atoms with van der Waals surface area (Å²) < 4.78 is 4.80. The zero-order valence-corrected chi connectivity index (χ0v) is 14.3. The highest BCUT2D eigenvalue weighted by atomic mass is 16.5. The van der Waals surface area contributed by atoms with Crippen molar-refractivity contribution >= 4 is 29.3 Å². The van der Waals surface area contributed by atoms with Gasteiger partial charge in [-0.3, -0.25) is 14.4 Å². The molecule has 7 nitrogen and oxygen atoms in total. The maximum Gasteiger partial charge on any atom is 0.328 e. The first-order chi connectivity index (χ1) is 11.9. The van der Waals surface area contributed by atoms with Gasteiger partial charge >= 0.3 is 5.97 Å². The Hall–Kier alpha value is -2.70. The van der Waals surface area contributed by atoms with Crippen LogP contribution in [0, 0.1) is 5.92 Å². The van der Waals surface area contributed by atoms with E-state index in [1.165, 1.54) is 14.0 Å². The van der Waals surface area contributed by atoms with Crippen molar-refractivity contribution in [2.45, 2.75) is 38.6 Å². The van der Waals surface area contributed by atoms with Gasteiger partial charge < -0.3 is 15.4 Å². The van der Waals surface area contributed by atoms with Gasteiger partial charge in [-0.1, -0.05) is 12.1 Å². The van der Waals surface area contributed by atoms with Gasteiger partial charge in [-0.05, 0) is 30.9 Å². The third-order valence-electron chi connectivity index (χ3n) is 4.22. The van der Waals surface area contributed by atoms with Crippen LogP contribution < -0.4 is 10.6 Å². The van der Waals surface area contributed by atoms with Crippen LogP contribution in [0.3, 0.4) is 0 Å². The Morgan fingerprint density at radius 2 is 1.96 bits per heavy atom. The predicted molar refractivity (Wildman–Crippen MR) is 91.0 cm³/mol. The van der Waals surface area contributed by atoms with Crippen molar-refractivity contribution in [1.29, 1.82) is 0 Å². The summed E-state index contributed by atoms with van der Waals surface area (Å²) in [5, 5.41) is 5.26. The van der Waals surface area contributed by atoms with Crippen LogP contribution in [0.2, 0.25) is 0 Å². The molecule has 134 valence electrons. The number of rotatable bonds is 5. The Balaban J connectivity index is 2.21. The lowest BCUT2D eigenvalue weighted by Crippen LogP contribution is -2.48. The van der Waals surface area contributed by atoms with Crippen LogP contribution in [-0.4, -0.2) is 36.7 Å². The molecule has 0 unspecified atom stereocenters. The van der Waals surface area contributed by atoms with Gasteiger partial charge in [0.15, 0.2) is 0 Å². The largest absolute Gasteiger partial charge is 0.467 e. The second-order valence-corrected chi connectivity index (χ2v) is 6.10. The van der Waals surface area contributed by atoms with Crippen LogP contribution in [0.15, 0.2) is 24.3 Å². The number of para-hydroxylation sites is 1. The van der Waals surface area contributed by atoms with Crippen molar-refractivity contribution < 1.29 is 23.9 Å². The highest BCUT2D eigenvalue weighted by Gasteiger charge is 2.34. The summed E-state index contributed by atoms with van der Waals surface area (Å²) in [6.45, 7) is 1.35. The molecule has 1 aliphatic rings. The van der Waals surface area contributed by atoms with Gasteiger partial charge in [-0.2, -0.15) is 0 Å². The van der Waals surface area contributed by atoms with Crippen molar-refractivity contribution in [2.75, 3.05) is 12.4 Å². The average Bonchev–Trinajstić information content (AvgIpc) is 2.58. The minimum Gasteiger partial charge on any atom is -0.467 e. The number of ketones is 1. The number of hydrogen-bond acceptors (Lipinski definition) is 5. The third-order valence-corrected chi connectivity index (χ3v) is 4.22. The van der Waals surface area contributed by atoms with Crippen molar-refractivity contribution in [3.8, 4) is 0 Å². The lowest BCUT2D eigenvalue weighted by atomic mass is 9.83. The third kappa shape index (κ3) is 4.89. The van der Waals surface area contributed by atoms with Gasteiger partial charge in [0.2, 0.25) is 5.91 Å². The Labute approximate surface area is 146 Å². The molecule has 2 N–H and O–H groups in total. The summed E-state index contributed by atoms with van der Waals surface area (Å²) in [4.78, 5) is 47.8. The Bertz CT molecular complexity index is 686. The maximum atomic E-state index is 12.6. The van der Waals surface area contributed by atoms with Crippen molar-refractivity contribution in [1.82, 2.24) is 5.32 Å². The van der Waals surface area contributed by atoms with Crippen LogP contribution in [0.4, 0.5) is 5.69 Å². The predicted octanol–water partition coefficient (Wildman–Crippen LogP) is 1.68. The first-order valence-corrected chi connectivity index (χ1v) is 8.19. The van der Waals surface area contributed by atoms with E-state index in [0.717, 1.165) is 0 Å². The number of amides is 2. The fourth-order valence-corrected chi connectivity index (χ4v) is 3.04. The fraction of sp³-hybridized carbons (Fsp3) is 0.444. The Kier molecular flexibility index (Phi) is 6.27. The molecule has 25 heavy (non-hydrogen) atoms. The summed E-state index contributed by atoms with van der Waals surface area (Å²) in [5.41, 5.74) is 0.601. The lowest BCUT2D eigenvalue weighted by Gasteiger charge is -2.28. The standard InChI is InChI=1S/C18H22N2O5/c1-11(21)19-15-9-4-3-8-14(15)17(23)20-16(18(24)25-2)12-6-5-7-13(22)10-12/h3-4,8-9,12,16H,5-7,10H2,1-2H3,(H,19,21)(H,20,23)/t12-,16-/m1/s1. The van der Waals surface area contributed by atoms with Crippen LogP contribution >= 0.6 is 0 Å². The molecule has 0 saturated heterocycles. The van der Waals surface area contributed by atoms with Gasteiger partial charge in [0.25, 0.3) is 5.91 Å². The van der Waals surface area contributed by atoms with E-state index in [-0.39, 0.29) is 29.6 Å². The molecule has 2 atom stereocenters. The average molecular weight is 346 g/mol. The highest BCUT2D eigenvalue weighted by Crippen LogP contribution is 2.26. The first kappa shape index (κ1) is 18.6. The number of benzene rings is 1. The topological polar surface area (TPSA) is 102 Å². The second kappa shape index (κ2) is 8.41. The SMILES string of the molecule is COC(=O)[C@H](NC(=O)c1ccccc1NC(C)=O)[C@@H]1CCCC(=O)C1. The van der Waals surface area contributed by atoms with E-state index in [9.17, 15) is 19.2 Å². The molecule has 7 heteroatoms. The summed E-state index contributed by atoms with van der Waals surface area (Å²) in [6, 6.07) is 5.62. The maximum absolute atomic E-state index is 12.6. The molecule has 1 saturated carbocycles. The molecular formula is C18H22N2O5. The fourth-order valence-electron chi connectivity index (χ4n) is 3.04. The van der Waals surface area contributed by atoms with Crippen LogP contribution in [0.25, 0.3) is 0 Å². The molecule has 2 amide bonds. The zero-order valence-electron chi connectivity index (χ0n) is 14.3. The molecule has 1 aromatic rings. The van der Waals surface area contributed by atoms with Gasteiger partial charge in [-0.25, -0.2) is 4.79 Å². The summed E-state index contributed by atoms with van der Waals surface area (Å²) in [7, 11) is 1.25. The molecule has 0 heterocycles. The van der Waals surface area contributed by atoms with E-state index in [0.29, 0.717) is 24.9 Å². The normalized spacial score (nSPS) is 18.2. The number of carbonyl (C=O) groups is 4. The number of anilines is 1. The zero-order chi connectivity index (χ0) is 18.4. The molecule has 0 aliphatic heterocycles. The minimum atomic E-state index is -0.896. The van der Waals surface area contributed by atoms with Crippen molar-refractivity contribution in [2.24, 2.45) is 5.92 Å². The molecule has 1 aromatic carbocycles. The van der Waals surface area contributed by atoms with E-state index in [1.54, 1.807) is 24.3 Å². The molecule has 1 fully saturated rings. The number of ether oxygens (including phenoxy) is 1. The molecule has 1 aliphatic carbocycles. The van der Waals surface area contributed by atoms with Crippen LogP contribution in [0.1, 0.15) is 43.0 Å². The summed E-state index contributed by atoms with van der Waals surface area (Å²) >= 11 is 0. The van der Waals surface area contributed by atoms with Crippen LogP contribution in [-0.2, 0) is 19.1 Å².